The predicted octanol–water partition coefficient (Wildman–Crippen LogP) is 4.39. The van der Waals surface area contributed by atoms with Gasteiger partial charge in [-0.05, 0) is 36.2 Å². The number of phenolic OH excluding ortho intramolecular Hbond substituents is 1. The van der Waals surface area contributed by atoms with Crippen molar-refractivity contribution in [2.24, 2.45) is 0 Å². The molecule has 2 heterocycles. The zero-order valence-electron chi connectivity index (χ0n) is 16.3. The summed E-state index contributed by atoms with van der Waals surface area (Å²) in [5, 5.41) is 18.7. The molecular weight excluding hydrogens is 424 g/mol. The number of allylic oxidation sites excluding steroid dienone is 1. The Bertz CT molecular complexity index is 1130. The van der Waals surface area contributed by atoms with E-state index in [2.05, 4.69) is 15.4 Å². The van der Waals surface area contributed by atoms with Crippen molar-refractivity contribution in [1.29, 1.82) is 0 Å². The number of hydrogen-bond donors (Lipinski definition) is 2. The molecule has 7 nitrogen and oxygen atoms in total. The van der Waals surface area contributed by atoms with Gasteiger partial charge in [0.1, 0.15) is 11.8 Å². The summed E-state index contributed by atoms with van der Waals surface area (Å²) in [7, 11) is 1.35. The molecule has 0 saturated heterocycles. The second-order valence-electron chi connectivity index (χ2n) is 6.69. The fourth-order valence-electron chi connectivity index (χ4n) is 3.29. The largest absolute Gasteiger partial charge is 0.508 e. The average Bonchev–Trinajstić information content (AvgIpc) is 3.14. The zero-order valence-corrected chi connectivity index (χ0v) is 17.9. The average molecular weight is 443 g/mol. The molecule has 154 valence electrons. The summed E-state index contributed by atoms with van der Waals surface area (Å²) >= 11 is 7.70. The van der Waals surface area contributed by atoms with E-state index < -0.39 is 12.0 Å². The molecule has 4 rings (SSSR count). The van der Waals surface area contributed by atoms with Crippen molar-refractivity contribution in [3.05, 3.63) is 76.0 Å². The van der Waals surface area contributed by atoms with Crippen LogP contribution in [0.5, 0.6) is 5.75 Å². The lowest BCUT2D eigenvalue weighted by Crippen LogP contribution is -2.29. The third-order valence-corrected chi connectivity index (χ3v) is 6.02. The number of benzene rings is 2. The molecular formula is C21H19ClN4O3S. The summed E-state index contributed by atoms with van der Waals surface area (Å²) in [6.07, 6.45) is 0. The van der Waals surface area contributed by atoms with Gasteiger partial charge in [0.15, 0.2) is 0 Å². The summed E-state index contributed by atoms with van der Waals surface area (Å²) in [5.41, 5.74) is 2.85. The standard InChI is InChI=1S/C21H19ClN4O3S/c1-12-17(19(28)29-2)18(13-7-9-15(27)10-8-13)26-20(23-12)24-21(25-26)30-11-14-5-3-4-6-16(14)22/h3-10,18,27H,11H2,1-2H3,(H,23,24,25). The Kier molecular flexibility index (Phi) is 5.69. The fourth-order valence-corrected chi connectivity index (χ4v) is 4.40. The first-order valence-corrected chi connectivity index (χ1v) is 10.5. The predicted molar refractivity (Wildman–Crippen MR) is 116 cm³/mol. The van der Waals surface area contributed by atoms with E-state index >= 15 is 0 Å². The van der Waals surface area contributed by atoms with Crippen LogP contribution in [-0.2, 0) is 15.3 Å². The van der Waals surface area contributed by atoms with Crippen molar-refractivity contribution < 1.29 is 14.6 Å². The Morgan fingerprint density at radius 2 is 2.00 bits per heavy atom. The van der Waals surface area contributed by atoms with Crippen LogP contribution in [0.2, 0.25) is 5.02 Å². The molecule has 0 bridgehead atoms. The third-order valence-electron chi connectivity index (χ3n) is 4.76. The summed E-state index contributed by atoms with van der Waals surface area (Å²) in [6, 6.07) is 13.8. The number of halogens is 1. The van der Waals surface area contributed by atoms with Crippen LogP contribution >= 0.6 is 23.4 Å². The van der Waals surface area contributed by atoms with Gasteiger partial charge in [-0.1, -0.05) is 53.7 Å². The number of nitrogens with one attached hydrogen (secondary N) is 1. The highest BCUT2D eigenvalue weighted by Gasteiger charge is 2.35. The highest BCUT2D eigenvalue weighted by molar-refractivity contribution is 7.98. The van der Waals surface area contributed by atoms with Crippen molar-refractivity contribution >= 4 is 35.3 Å². The molecule has 1 aromatic heterocycles. The highest BCUT2D eigenvalue weighted by atomic mass is 35.5. The van der Waals surface area contributed by atoms with Crippen molar-refractivity contribution in [2.75, 3.05) is 12.4 Å². The van der Waals surface area contributed by atoms with Crippen LogP contribution in [0.4, 0.5) is 5.95 Å². The first kappa shape index (κ1) is 20.3. The van der Waals surface area contributed by atoms with Crippen molar-refractivity contribution in [1.82, 2.24) is 14.8 Å². The van der Waals surface area contributed by atoms with Crippen LogP contribution in [0.3, 0.4) is 0 Å². The molecule has 0 aliphatic carbocycles. The Hall–Kier alpha value is -2.97. The number of thioether (sulfide) groups is 1. The second kappa shape index (κ2) is 8.41. The number of nitrogens with zero attached hydrogens (tertiary/aromatic N) is 3. The number of phenols is 1. The molecule has 1 unspecified atom stereocenters. The number of rotatable bonds is 5. The van der Waals surface area contributed by atoms with Crippen molar-refractivity contribution in [3.63, 3.8) is 0 Å². The van der Waals surface area contributed by atoms with Gasteiger partial charge in [0.25, 0.3) is 0 Å². The van der Waals surface area contributed by atoms with Gasteiger partial charge in [0, 0.05) is 16.5 Å². The maximum Gasteiger partial charge on any atom is 0.338 e. The lowest BCUT2D eigenvalue weighted by Gasteiger charge is -2.27. The Balaban J connectivity index is 1.70. The van der Waals surface area contributed by atoms with E-state index in [1.807, 2.05) is 24.3 Å². The normalized spacial score (nSPS) is 15.5. The molecule has 30 heavy (non-hydrogen) atoms. The lowest BCUT2D eigenvalue weighted by molar-refractivity contribution is -0.136. The highest BCUT2D eigenvalue weighted by Crippen LogP contribution is 2.37. The summed E-state index contributed by atoms with van der Waals surface area (Å²) in [6.45, 7) is 1.80. The van der Waals surface area contributed by atoms with E-state index in [9.17, 15) is 9.90 Å². The Labute approximate surface area is 182 Å². The van der Waals surface area contributed by atoms with Crippen LogP contribution in [-0.4, -0.2) is 33.0 Å². The Morgan fingerprint density at radius 1 is 1.27 bits per heavy atom. The van der Waals surface area contributed by atoms with E-state index in [1.54, 1.807) is 35.9 Å². The molecule has 1 atom stereocenters. The van der Waals surface area contributed by atoms with Gasteiger partial charge in [-0.25, -0.2) is 9.48 Å². The van der Waals surface area contributed by atoms with Gasteiger partial charge in [-0.15, -0.1) is 5.10 Å². The number of aromatic hydroxyl groups is 1. The number of fused-ring (bicyclic) bond motifs is 1. The summed E-state index contributed by atoms with van der Waals surface area (Å²) in [5.74, 6) is 0.829. The molecule has 2 aromatic carbocycles. The van der Waals surface area contributed by atoms with Gasteiger partial charge in [-0.3, -0.25) is 0 Å². The number of anilines is 1. The second-order valence-corrected chi connectivity index (χ2v) is 8.04. The minimum atomic E-state index is -0.531. The molecule has 2 N–H and O–H groups in total. The first-order valence-electron chi connectivity index (χ1n) is 9.15. The smallest absolute Gasteiger partial charge is 0.338 e. The lowest BCUT2D eigenvalue weighted by atomic mass is 9.96. The van der Waals surface area contributed by atoms with E-state index in [4.69, 9.17) is 16.3 Å². The number of carbonyl (C=O) groups excluding carboxylic acids is 1. The minimum Gasteiger partial charge on any atom is -0.508 e. The minimum absolute atomic E-state index is 0.141. The fraction of sp³-hybridized carbons (Fsp3) is 0.190. The topological polar surface area (TPSA) is 89.3 Å². The van der Waals surface area contributed by atoms with E-state index in [0.717, 1.165) is 11.1 Å². The molecule has 0 amide bonds. The molecule has 1 aliphatic heterocycles. The van der Waals surface area contributed by atoms with Crippen LogP contribution in [0.1, 0.15) is 24.1 Å². The molecule has 0 spiro atoms. The number of esters is 1. The molecule has 0 fully saturated rings. The van der Waals surface area contributed by atoms with Crippen molar-refractivity contribution in [2.45, 2.75) is 23.9 Å². The maximum atomic E-state index is 12.5. The van der Waals surface area contributed by atoms with Gasteiger partial charge in [0.05, 0.1) is 12.7 Å². The van der Waals surface area contributed by atoms with Gasteiger partial charge in [-0.2, -0.15) is 4.98 Å². The molecule has 1 aliphatic rings. The SMILES string of the molecule is COC(=O)C1=C(C)Nc2nc(SCc3ccccc3Cl)nn2C1c1ccc(O)cc1. The van der Waals surface area contributed by atoms with Gasteiger partial charge in [0.2, 0.25) is 11.1 Å². The Morgan fingerprint density at radius 3 is 2.70 bits per heavy atom. The molecule has 3 aromatic rings. The molecule has 9 heteroatoms. The van der Waals surface area contributed by atoms with Gasteiger partial charge < -0.3 is 15.2 Å². The van der Waals surface area contributed by atoms with Crippen LogP contribution in [0, 0.1) is 0 Å². The first-order chi connectivity index (χ1) is 14.5. The monoisotopic (exact) mass is 442 g/mol. The van der Waals surface area contributed by atoms with Crippen LogP contribution < -0.4 is 5.32 Å². The maximum absolute atomic E-state index is 12.5. The zero-order chi connectivity index (χ0) is 21.3. The van der Waals surface area contributed by atoms with E-state index in [1.165, 1.54) is 18.9 Å². The van der Waals surface area contributed by atoms with Crippen molar-refractivity contribution in [3.8, 4) is 5.75 Å². The molecule has 0 saturated carbocycles. The molecule has 0 radical (unpaired) electrons. The summed E-state index contributed by atoms with van der Waals surface area (Å²) in [4.78, 5) is 17.1. The quantitative estimate of drug-likeness (QED) is 0.447. The number of hydrogen-bond acceptors (Lipinski definition) is 7. The third kappa shape index (κ3) is 3.88. The van der Waals surface area contributed by atoms with Crippen LogP contribution in [0.25, 0.3) is 0 Å². The summed E-state index contributed by atoms with van der Waals surface area (Å²) < 4.78 is 6.68. The van der Waals surface area contributed by atoms with Gasteiger partial charge >= 0.3 is 5.97 Å². The van der Waals surface area contributed by atoms with E-state index in [0.29, 0.717) is 33.2 Å². The number of ether oxygens (including phenoxy) is 1. The van der Waals surface area contributed by atoms with E-state index in [-0.39, 0.29) is 5.75 Å². The number of aromatic nitrogens is 3. The van der Waals surface area contributed by atoms with Crippen LogP contribution in [0.15, 0.2) is 65.0 Å². The number of carbonyl (C=O) groups is 1. The number of methoxy groups -OCH3 is 1.